The molecule has 0 N–H and O–H groups in total. The van der Waals surface area contributed by atoms with Crippen LogP contribution in [0.5, 0.6) is 0 Å². The van der Waals surface area contributed by atoms with Gasteiger partial charge in [0.15, 0.2) is 0 Å². The van der Waals surface area contributed by atoms with Gasteiger partial charge in [-0.15, -0.1) is 0 Å². The Morgan fingerprint density at radius 2 is 1.96 bits per heavy atom. The van der Waals surface area contributed by atoms with Crippen molar-refractivity contribution in [2.24, 2.45) is 0 Å². The molecule has 6 nitrogen and oxygen atoms in total. The van der Waals surface area contributed by atoms with Crippen molar-refractivity contribution in [3.05, 3.63) is 57.7 Å². The number of ether oxygens (including phenoxy) is 1. The van der Waals surface area contributed by atoms with Crippen LogP contribution >= 0.6 is 15.9 Å². The molecule has 3 rings (SSSR count). The average Bonchev–Trinajstić information content (AvgIpc) is 2.81. The second-order valence-electron chi connectivity index (χ2n) is 4.84. The van der Waals surface area contributed by atoms with E-state index in [1.165, 1.54) is 9.13 Å². The maximum Gasteiger partial charge on any atom is 0.334 e. The van der Waals surface area contributed by atoms with Crippen LogP contribution in [0.4, 0.5) is 0 Å². The van der Waals surface area contributed by atoms with Gasteiger partial charge in [-0.3, -0.25) is 13.9 Å². The van der Waals surface area contributed by atoms with Gasteiger partial charge in [-0.25, -0.2) is 9.78 Å². The number of nitrogens with zero attached hydrogens (tertiary/aromatic N) is 3. The first-order valence-electron chi connectivity index (χ1n) is 7.09. The summed E-state index contributed by atoms with van der Waals surface area (Å²) >= 11 is 3.28. The SMILES string of the molecule is CCOC(=O)Cn1c(=O)n(-c2ccc(Br)nc2)c2ccccc21. The molecule has 1 aromatic carbocycles. The van der Waals surface area contributed by atoms with Crippen molar-refractivity contribution < 1.29 is 9.53 Å². The molecule has 23 heavy (non-hydrogen) atoms. The lowest BCUT2D eigenvalue weighted by Crippen LogP contribution is -2.27. The van der Waals surface area contributed by atoms with Crippen molar-refractivity contribution in [2.45, 2.75) is 13.5 Å². The van der Waals surface area contributed by atoms with E-state index in [1.807, 2.05) is 18.2 Å². The van der Waals surface area contributed by atoms with E-state index in [0.717, 1.165) is 0 Å². The van der Waals surface area contributed by atoms with E-state index in [1.54, 1.807) is 31.3 Å². The molecule has 0 atom stereocenters. The summed E-state index contributed by atoms with van der Waals surface area (Å²) in [7, 11) is 0. The Kier molecular flexibility index (Phi) is 4.29. The lowest BCUT2D eigenvalue weighted by atomic mass is 10.3. The van der Waals surface area contributed by atoms with Crippen molar-refractivity contribution in [1.82, 2.24) is 14.1 Å². The van der Waals surface area contributed by atoms with Gasteiger partial charge in [0.1, 0.15) is 11.1 Å². The highest BCUT2D eigenvalue weighted by atomic mass is 79.9. The van der Waals surface area contributed by atoms with Gasteiger partial charge >= 0.3 is 11.7 Å². The average molecular weight is 376 g/mol. The standard InChI is InChI=1S/C16H14BrN3O3/c1-2-23-15(21)10-19-12-5-3-4-6-13(12)20(16(19)22)11-7-8-14(17)18-9-11/h3-9H,2,10H2,1H3. The number of para-hydroxylation sites is 2. The van der Waals surface area contributed by atoms with Crippen molar-refractivity contribution in [3.8, 4) is 5.69 Å². The Hall–Kier alpha value is -2.41. The molecule has 0 spiro atoms. The number of rotatable bonds is 4. The Morgan fingerprint density at radius 3 is 2.61 bits per heavy atom. The fourth-order valence-electron chi connectivity index (χ4n) is 2.45. The highest BCUT2D eigenvalue weighted by Gasteiger charge is 2.17. The van der Waals surface area contributed by atoms with Gasteiger partial charge in [-0.05, 0) is 47.1 Å². The third-order valence-corrected chi connectivity index (χ3v) is 3.87. The zero-order valence-electron chi connectivity index (χ0n) is 12.4. The molecule has 0 saturated heterocycles. The van der Waals surface area contributed by atoms with Gasteiger partial charge in [0.05, 0.1) is 29.5 Å². The van der Waals surface area contributed by atoms with E-state index in [4.69, 9.17) is 4.74 Å². The molecule has 0 aliphatic heterocycles. The summed E-state index contributed by atoms with van der Waals surface area (Å²) in [4.78, 5) is 28.7. The number of hydrogen-bond acceptors (Lipinski definition) is 4. The minimum atomic E-state index is -0.438. The highest BCUT2D eigenvalue weighted by Crippen LogP contribution is 2.18. The van der Waals surface area contributed by atoms with Crippen LogP contribution in [0.15, 0.2) is 52.0 Å². The molecule has 0 saturated carbocycles. The predicted octanol–water partition coefficient (Wildman–Crippen LogP) is 2.51. The van der Waals surface area contributed by atoms with E-state index < -0.39 is 5.97 Å². The lowest BCUT2D eigenvalue weighted by Gasteiger charge is -2.03. The van der Waals surface area contributed by atoms with E-state index in [-0.39, 0.29) is 18.8 Å². The molecule has 3 aromatic rings. The smallest absolute Gasteiger partial charge is 0.334 e. The largest absolute Gasteiger partial charge is 0.465 e. The van der Waals surface area contributed by atoms with Gasteiger partial charge in [0, 0.05) is 0 Å². The molecule has 0 amide bonds. The summed E-state index contributed by atoms with van der Waals surface area (Å²) in [6.07, 6.45) is 1.60. The van der Waals surface area contributed by atoms with Crippen LogP contribution in [0.25, 0.3) is 16.7 Å². The van der Waals surface area contributed by atoms with Crippen LogP contribution < -0.4 is 5.69 Å². The van der Waals surface area contributed by atoms with Gasteiger partial charge in [-0.1, -0.05) is 12.1 Å². The normalized spacial score (nSPS) is 10.9. The molecule has 0 radical (unpaired) electrons. The first-order chi connectivity index (χ1) is 11.1. The molecule has 2 aromatic heterocycles. The first-order valence-corrected chi connectivity index (χ1v) is 7.89. The van der Waals surface area contributed by atoms with Crippen LogP contribution in [0, 0.1) is 0 Å². The van der Waals surface area contributed by atoms with Crippen LogP contribution in [0.1, 0.15) is 6.92 Å². The van der Waals surface area contributed by atoms with Gasteiger partial charge < -0.3 is 4.74 Å². The number of carbonyl (C=O) groups excluding carboxylic acids is 1. The summed E-state index contributed by atoms with van der Waals surface area (Å²) < 4.78 is 8.59. The van der Waals surface area contributed by atoms with Crippen LogP contribution in [0.3, 0.4) is 0 Å². The number of fused-ring (bicyclic) bond motifs is 1. The number of carbonyl (C=O) groups is 1. The van der Waals surface area contributed by atoms with Crippen molar-refractivity contribution in [2.75, 3.05) is 6.61 Å². The summed E-state index contributed by atoms with van der Waals surface area (Å²) in [6, 6.07) is 10.9. The zero-order chi connectivity index (χ0) is 16.4. The third-order valence-electron chi connectivity index (χ3n) is 3.40. The molecule has 0 aliphatic rings. The Balaban J connectivity index is 2.19. The number of benzene rings is 1. The molecule has 0 bridgehead atoms. The summed E-state index contributed by atoms with van der Waals surface area (Å²) in [5, 5.41) is 0. The minimum Gasteiger partial charge on any atom is -0.465 e. The molecule has 0 aliphatic carbocycles. The summed E-state index contributed by atoms with van der Waals surface area (Å²) in [5.41, 5.74) is 1.72. The molecule has 0 unspecified atom stereocenters. The van der Waals surface area contributed by atoms with E-state index in [0.29, 0.717) is 21.3 Å². The number of aromatic nitrogens is 3. The fraction of sp³-hybridized carbons (Fsp3) is 0.188. The summed E-state index contributed by atoms with van der Waals surface area (Å²) in [5.74, 6) is -0.438. The van der Waals surface area contributed by atoms with Crippen LogP contribution in [-0.4, -0.2) is 26.7 Å². The number of esters is 1. The minimum absolute atomic E-state index is 0.121. The number of imidazole rings is 1. The predicted molar refractivity (Wildman–Crippen MR) is 89.7 cm³/mol. The van der Waals surface area contributed by atoms with Crippen molar-refractivity contribution in [3.63, 3.8) is 0 Å². The summed E-state index contributed by atoms with van der Waals surface area (Å²) in [6.45, 7) is 1.89. The molecule has 7 heteroatoms. The first kappa shape index (κ1) is 15.5. The monoisotopic (exact) mass is 375 g/mol. The third kappa shape index (κ3) is 2.92. The van der Waals surface area contributed by atoms with Crippen LogP contribution in [0.2, 0.25) is 0 Å². The van der Waals surface area contributed by atoms with E-state index >= 15 is 0 Å². The number of pyridine rings is 1. The number of halogens is 1. The molecular formula is C16H14BrN3O3. The van der Waals surface area contributed by atoms with Crippen LogP contribution in [-0.2, 0) is 16.1 Å². The van der Waals surface area contributed by atoms with Gasteiger partial charge in [-0.2, -0.15) is 0 Å². The molecular weight excluding hydrogens is 362 g/mol. The Bertz CT molecular complexity index is 912. The second kappa shape index (κ2) is 6.37. The quantitative estimate of drug-likeness (QED) is 0.519. The molecule has 0 fully saturated rings. The maximum atomic E-state index is 12.8. The van der Waals surface area contributed by atoms with Crippen molar-refractivity contribution in [1.29, 1.82) is 0 Å². The lowest BCUT2D eigenvalue weighted by molar-refractivity contribution is -0.143. The Morgan fingerprint density at radius 1 is 1.22 bits per heavy atom. The second-order valence-corrected chi connectivity index (χ2v) is 5.65. The number of hydrogen-bond donors (Lipinski definition) is 0. The molecule has 118 valence electrons. The fourth-order valence-corrected chi connectivity index (χ4v) is 2.68. The van der Waals surface area contributed by atoms with E-state index in [2.05, 4.69) is 20.9 Å². The Labute approximate surface area is 140 Å². The maximum absolute atomic E-state index is 12.8. The topological polar surface area (TPSA) is 66.1 Å². The zero-order valence-corrected chi connectivity index (χ0v) is 14.0. The van der Waals surface area contributed by atoms with Crippen molar-refractivity contribution >= 4 is 32.9 Å². The molecule has 2 heterocycles. The van der Waals surface area contributed by atoms with Gasteiger partial charge in [0.2, 0.25) is 0 Å². The van der Waals surface area contributed by atoms with Gasteiger partial charge in [0.25, 0.3) is 0 Å². The highest BCUT2D eigenvalue weighted by molar-refractivity contribution is 9.10. The van der Waals surface area contributed by atoms with E-state index in [9.17, 15) is 9.59 Å².